The van der Waals surface area contributed by atoms with Crippen molar-refractivity contribution in [1.82, 2.24) is 5.32 Å². The van der Waals surface area contributed by atoms with Gasteiger partial charge in [0.05, 0.1) is 6.04 Å². The van der Waals surface area contributed by atoms with Crippen molar-refractivity contribution in [2.75, 3.05) is 0 Å². The predicted octanol–water partition coefficient (Wildman–Crippen LogP) is 3.47. The maximum atomic E-state index is 4.98. The number of allylic oxidation sites excluding steroid dienone is 6. The summed E-state index contributed by atoms with van der Waals surface area (Å²) < 4.78 is 0. The average Bonchev–Trinajstić information content (AvgIpc) is 3.28. The standard InChI is InChI=1S/C19H22N4.V/c1-3-14-10-16-5-7-18(22-16)19-8-6-17(23-19)11-15-4-2-13(21-15)9-12(1)20-14;/h9-11,18-19,22H,1-8H2;. The fourth-order valence-corrected chi connectivity index (χ4v) is 4.24. The van der Waals surface area contributed by atoms with Gasteiger partial charge >= 0.3 is 0 Å². The van der Waals surface area contributed by atoms with E-state index in [-0.39, 0.29) is 18.6 Å². The second-order valence-electron chi connectivity index (χ2n) is 7.16. The number of hydrogen-bond donors (Lipinski definition) is 1. The Labute approximate surface area is 154 Å². The van der Waals surface area contributed by atoms with Crippen molar-refractivity contribution in [2.45, 2.75) is 63.5 Å². The molecule has 5 aliphatic rings. The summed E-state index contributed by atoms with van der Waals surface area (Å²) in [5.74, 6) is 0. The Kier molecular flexibility index (Phi) is 4.36. The van der Waals surface area contributed by atoms with Crippen molar-refractivity contribution in [3.63, 3.8) is 0 Å². The van der Waals surface area contributed by atoms with Crippen LogP contribution in [0.4, 0.5) is 0 Å². The fraction of sp³-hybridized carbons (Fsp3) is 0.526. The topological polar surface area (TPSA) is 49.1 Å². The van der Waals surface area contributed by atoms with E-state index in [4.69, 9.17) is 15.0 Å². The van der Waals surface area contributed by atoms with Gasteiger partial charge in [0.1, 0.15) is 0 Å². The number of rotatable bonds is 0. The molecule has 123 valence electrons. The van der Waals surface area contributed by atoms with Crippen LogP contribution in [0.25, 0.3) is 0 Å². The predicted molar refractivity (Wildman–Crippen MR) is 94.2 cm³/mol. The molecule has 5 heteroatoms. The third kappa shape index (κ3) is 3.10. The third-order valence-electron chi connectivity index (χ3n) is 5.44. The molecule has 0 saturated carbocycles. The Morgan fingerprint density at radius 3 is 2.25 bits per heavy atom. The van der Waals surface area contributed by atoms with E-state index >= 15 is 0 Å². The van der Waals surface area contributed by atoms with Crippen molar-refractivity contribution < 1.29 is 18.6 Å². The summed E-state index contributed by atoms with van der Waals surface area (Å²) in [5.41, 5.74) is 7.41. The molecular weight excluding hydrogens is 335 g/mol. The van der Waals surface area contributed by atoms with Gasteiger partial charge in [-0.15, -0.1) is 0 Å². The van der Waals surface area contributed by atoms with Crippen molar-refractivity contribution in [2.24, 2.45) is 15.0 Å². The molecule has 0 aliphatic carbocycles. The van der Waals surface area contributed by atoms with Gasteiger partial charge in [0.15, 0.2) is 0 Å². The van der Waals surface area contributed by atoms with Gasteiger partial charge in [-0.1, -0.05) is 0 Å². The average molecular weight is 357 g/mol. The number of nitrogens with zero attached hydrogens (tertiary/aromatic N) is 3. The molecule has 5 heterocycles. The minimum atomic E-state index is 0. The van der Waals surface area contributed by atoms with Crippen molar-refractivity contribution in [3.8, 4) is 0 Å². The van der Waals surface area contributed by atoms with Gasteiger partial charge in [0.2, 0.25) is 0 Å². The third-order valence-corrected chi connectivity index (χ3v) is 5.44. The van der Waals surface area contributed by atoms with Crippen LogP contribution in [-0.2, 0) is 18.6 Å². The summed E-state index contributed by atoms with van der Waals surface area (Å²) >= 11 is 0. The molecule has 0 spiro atoms. The van der Waals surface area contributed by atoms with E-state index in [2.05, 4.69) is 23.5 Å². The molecule has 0 aromatic rings. The zero-order chi connectivity index (χ0) is 15.2. The van der Waals surface area contributed by atoms with E-state index < -0.39 is 0 Å². The molecule has 1 radical (unpaired) electrons. The van der Waals surface area contributed by atoms with Crippen molar-refractivity contribution in [1.29, 1.82) is 0 Å². The normalized spacial score (nSPS) is 30.7. The number of fused-ring (bicyclic) bond motifs is 6. The van der Waals surface area contributed by atoms with Crippen LogP contribution in [0.15, 0.2) is 50.3 Å². The molecule has 1 fully saturated rings. The van der Waals surface area contributed by atoms with E-state index in [9.17, 15) is 0 Å². The first-order valence-corrected chi connectivity index (χ1v) is 8.92. The molecule has 2 atom stereocenters. The van der Waals surface area contributed by atoms with E-state index in [1.54, 1.807) is 0 Å². The molecule has 2 unspecified atom stereocenters. The van der Waals surface area contributed by atoms with Crippen LogP contribution >= 0.6 is 0 Å². The zero-order valence-corrected chi connectivity index (χ0v) is 15.2. The maximum absolute atomic E-state index is 4.98. The first kappa shape index (κ1) is 16.1. The summed E-state index contributed by atoms with van der Waals surface area (Å²) in [5, 5.41) is 3.71. The molecule has 1 N–H and O–H groups in total. The zero-order valence-electron chi connectivity index (χ0n) is 13.8. The van der Waals surface area contributed by atoms with Gasteiger partial charge in [-0.05, 0) is 69.6 Å². The maximum Gasteiger partial charge on any atom is 0.0707 e. The second-order valence-corrected chi connectivity index (χ2v) is 7.16. The van der Waals surface area contributed by atoms with Gasteiger partial charge in [-0.25, -0.2) is 0 Å². The van der Waals surface area contributed by atoms with Crippen molar-refractivity contribution >= 4 is 17.1 Å². The Morgan fingerprint density at radius 1 is 0.750 bits per heavy atom. The van der Waals surface area contributed by atoms with Gasteiger partial charge in [-0.3, -0.25) is 15.0 Å². The van der Waals surface area contributed by atoms with E-state index in [0.29, 0.717) is 12.1 Å². The molecule has 5 aliphatic heterocycles. The Hall–Kier alpha value is -1.39. The van der Waals surface area contributed by atoms with Crippen LogP contribution in [0.1, 0.15) is 51.4 Å². The van der Waals surface area contributed by atoms with Crippen LogP contribution in [0.3, 0.4) is 0 Å². The minimum absolute atomic E-state index is 0. The minimum Gasteiger partial charge on any atom is -0.383 e. The Balaban J connectivity index is 0.00000146. The van der Waals surface area contributed by atoms with Crippen LogP contribution in [0.2, 0.25) is 0 Å². The molecule has 8 bridgehead atoms. The van der Waals surface area contributed by atoms with E-state index in [1.807, 2.05) is 0 Å². The van der Waals surface area contributed by atoms with Crippen LogP contribution in [-0.4, -0.2) is 29.2 Å². The fourth-order valence-electron chi connectivity index (χ4n) is 4.24. The van der Waals surface area contributed by atoms with Crippen molar-refractivity contribution in [3.05, 3.63) is 35.3 Å². The SMILES string of the molecule is C1=C2CCC(=N2)C=C2CCC(N2)C2CCC(=N2)C=C2CCC1=N2.[V]. The molecule has 0 aromatic heterocycles. The molecule has 1 saturated heterocycles. The molecule has 24 heavy (non-hydrogen) atoms. The van der Waals surface area contributed by atoms with Gasteiger partial charge < -0.3 is 5.32 Å². The van der Waals surface area contributed by atoms with E-state index in [0.717, 1.165) is 38.5 Å². The quantitative estimate of drug-likeness (QED) is 0.709. The largest absolute Gasteiger partial charge is 0.383 e. The summed E-state index contributed by atoms with van der Waals surface area (Å²) in [7, 11) is 0. The monoisotopic (exact) mass is 357 g/mol. The van der Waals surface area contributed by atoms with Crippen LogP contribution < -0.4 is 5.32 Å². The van der Waals surface area contributed by atoms with Crippen LogP contribution in [0.5, 0.6) is 0 Å². The molecule has 0 amide bonds. The summed E-state index contributed by atoms with van der Waals surface area (Å²) in [4.78, 5) is 14.6. The molecular formula is C19H22N4V. The molecule has 0 aromatic carbocycles. The smallest absolute Gasteiger partial charge is 0.0707 e. The molecule has 4 nitrogen and oxygen atoms in total. The Morgan fingerprint density at radius 2 is 1.46 bits per heavy atom. The Bertz CT molecular complexity index is 738. The van der Waals surface area contributed by atoms with Gasteiger partial charge in [0, 0.05) is 58.8 Å². The summed E-state index contributed by atoms with van der Waals surface area (Å²) in [6, 6.07) is 0.934. The van der Waals surface area contributed by atoms with E-state index in [1.165, 1.54) is 47.1 Å². The van der Waals surface area contributed by atoms with Gasteiger partial charge in [-0.2, -0.15) is 0 Å². The summed E-state index contributed by atoms with van der Waals surface area (Å²) in [6.45, 7) is 0. The first-order chi connectivity index (χ1) is 11.3. The van der Waals surface area contributed by atoms with Gasteiger partial charge in [0.25, 0.3) is 0 Å². The number of nitrogens with one attached hydrogen (secondary N) is 1. The number of aliphatic imine (C=N–C) groups is 3. The molecule has 5 rings (SSSR count). The number of hydrogen-bond acceptors (Lipinski definition) is 4. The first-order valence-electron chi connectivity index (χ1n) is 8.92. The second kappa shape index (κ2) is 6.49. The summed E-state index contributed by atoms with van der Waals surface area (Å²) in [6.07, 6.45) is 15.5. The van der Waals surface area contributed by atoms with Crippen LogP contribution in [0, 0.1) is 0 Å².